The van der Waals surface area contributed by atoms with E-state index in [2.05, 4.69) is 19.9 Å². The third kappa shape index (κ3) is 3.78. The minimum Gasteiger partial charge on any atom is -0.458 e. The summed E-state index contributed by atoms with van der Waals surface area (Å²) in [5, 5.41) is 0. The molecule has 0 aliphatic carbocycles. The van der Waals surface area contributed by atoms with Crippen LogP contribution in [-0.2, 0) is 19.1 Å². The maximum absolute atomic E-state index is 11.9. The number of aromatic amines is 1. The molecule has 0 saturated heterocycles. The molecule has 2 aromatic rings. The summed E-state index contributed by atoms with van der Waals surface area (Å²) in [4.78, 5) is 48.5. The lowest BCUT2D eigenvalue weighted by Crippen LogP contribution is -2.27. The zero-order chi connectivity index (χ0) is 17.1. The summed E-state index contributed by atoms with van der Waals surface area (Å²) in [6.07, 6.45) is -0.545. The Labute approximate surface area is 130 Å². The number of hydrogen-bond donors (Lipinski definition) is 2. The van der Waals surface area contributed by atoms with Crippen molar-refractivity contribution < 1.29 is 19.1 Å². The van der Waals surface area contributed by atoms with E-state index in [-0.39, 0.29) is 22.8 Å². The summed E-state index contributed by atoms with van der Waals surface area (Å²) in [6.45, 7) is 3.97. The standard InChI is InChI=1S/C13H15N5O5/c1-5(22-6(2)19)10(23-7(3)20)8-4-15-11-9(16-8)12(21)18-13(14)17-11/h4-5,10H,1-3H3,(H3,14,15,17,18,21)/t5-,10?/m0/s1. The highest BCUT2D eigenvalue weighted by Gasteiger charge is 2.27. The zero-order valence-electron chi connectivity index (χ0n) is 12.7. The molecule has 1 unspecified atom stereocenters. The number of nitrogens with zero attached hydrogens (tertiary/aromatic N) is 3. The molecule has 0 spiro atoms. The molecule has 0 bridgehead atoms. The molecular formula is C13H15N5O5. The van der Waals surface area contributed by atoms with Crippen molar-refractivity contribution in [3.05, 3.63) is 22.2 Å². The van der Waals surface area contributed by atoms with E-state index in [1.165, 1.54) is 27.0 Å². The summed E-state index contributed by atoms with van der Waals surface area (Å²) in [5.41, 5.74) is 4.99. The highest BCUT2D eigenvalue weighted by molar-refractivity contribution is 5.70. The van der Waals surface area contributed by atoms with Crippen molar-refractivity contribution >= 4 is 29.1 Å². The molecule has 0 aromatic carbocycles. The number of H-pyrrole nitrogens is 1. The topological polar surface area (TPSA) is 150 Å². The van der Waals surface area contributed by atoms with Gasteiger partial charge in [-0.15, -0.1) is 0 Å². The van der Waals surface area contributed by atoms with Gasteiger partial charge >= 0.3 is 11.9 Å². The van der Waals surface area contributed by atoms with E-state index in [9.17, 15) is 14.4 Å². The molecule has 23 heavy (non-hydrogen) atoms. The number of carbonyl (C=O) groups is 2. The second-order valence-electron chi connectivity index (χ2n) is 4.76. The van der Waals surface area contributed by atoms with E-state index in [1.807, 2.05) is 0 Å². The predicted octanol–water partition coefficient (Wildman–Crippen LogP) is -0.149. The highest BCUT2D eigenvalue weighted by atomic mass is 16.6. The maximum atomic E-state index is 11.9. The van der Waals surface area contributed by atoms with Gasteiger partial charge in [0.05, 0.1) is 6.20 Å². The number of nitrogens with two attached hydrogens (primary N) is 1. The SMILES string of the molecule is CC(=O)OC(c1cnc2nc(N)[nH]c(=O)c2n1)[C@H](C)OC(C)=O. The monoisotopic (exact) mass is 321 g/mol. The van der Waals surface area contributed by atoms with Crippen molar-refractivity contribution in [2.45, 2.75) is 33.0 Å². The Morgan fingerprint density at radius 1 is 1.22 bits per heavy atom. The van der Waals surface area contributed by atoms with Crippen LogP contribution in [-0.4, -0.2) is 38.0 Å². The number of anilines is 1. The van der Waals surface area contributed by atoms with Gasteiger partial charge in [0.2, 0.25) is 5.95 Å². The highest BCUT2D eigenvalue weighted by Crippen LogP contribution is 2.22. The van der Waals surface area contributed by atoms with Gasteiger partial charge in [0, 0.05) is 13.8 Å². The van der Waals surface area contributed by atoms with Gasteiger partial charge in [-0.3, -0.25) is 19.4 Å². The van der Waals surface area contributed by atoms with E-state index >= 15 is 0 Å². The average molecular weight is 321 g/mol. The molecule has 2 heterocycles. The minimum atomic E-state index is -1.01. The number of hydrogen-bond acceptors (Lipinski definition) is 9. The molecule has 3 N–H and O–H groups in total. The number of carbonyl (C=O) groups excluding carboxylic acids is 2. The van der Waals surface area contributed by atoms with E-state index in [0.717, 1.165) is 0 Å². The Morgan fingerprint density at radius 3 is 2.48 bits per heavy atom. The van der Waals surface area contributed by atoms with E-state index in [1.54, 1.807) is 0 Å². The van der Waals surface area contributed by atoms with Gasteiger partial charge in [0.25, 0.3) is 5.56 Å². The number of fused-ring (bicyclic) bond motifs is 1. The van der Waals surface area contributed by atoms with Crippen molar-refractivity contribution in [3.8, 4) is 0 Å². The van der Waals surface area contributed by atoms with Gasteiger partial charge in [-0.2, -0.15) is 4.98 Å². The van der Waals surface area contributed by atoms with Crippen molar-refractivity contribution in [1.29, 1.82) is 0 Å². The summed E-state index contributed by atoms with van der Waals surface area (Å²) in [7, 11) is 0. The molecule has 0 amide bonds. The third-order valence-electron chi connectivity index (χ3n) is 2.82. The maximum Gasteiger partial charge on any atom is 0.303 e. The van der Waals surface area contributed by atoms with Gasteiger partial charge in [-0.1, -0.05) is 0 Å². The molecule has 122 valence electrons. The molecule has 0 saturated carbocycles. The van der Waals surface area contributed by atoms with E-state index in [4.69, 9.17) is 15.2 Å². The molecular weight excluding hydrogens is 306 g/mol. The smallest absolute Gasteiger partial charge is 0.303 e. The fraction of sp³-hybridized carbons (Fsp3) is 0.385. The normalized spacial score (nSPS) is 13.3. The van der Waals surface area contributed by atoms with Gasteiger partial charge in [-0.25, -0.2) is 9.97 Å². The number of esters is 2. The summed E-state index contributed by atoms with van der Waals surface area (Å²) < 4.78 is 10.2. The lowest BCUT2D eigenvalue weighted by Gasteiger charge is -2.22. The Kier molecular flexibility index (Phi) is 4.53. The van der Waals surface area contributed by atoms with E-state index in [0.29, 0.717) is 0 Å². The first-order valence-electron chi connectivity index (χ1n) is 6.64. The quantitative estimate of drug-likeness (QED) is 0.732. The zero-order valence-corrected chi connectivity index (χ0v) is 12.7. The molecule has 0 fully saturated rings. The van der Waals surface area contributed by atoms with Crippen LogP contribution >= 0.6 is 0 Å². The molecule has 10 heteroatoms. The van der Waals surface area contributed by atoms with Crippen LogP contribution < -0.4 is 11.3 Å². The summed E-state index contributed by atoms with van der Waals surface area (Å²) in [6, 6.07) is 0. The molecule has 0 aliphatic heterocycles. The lowest BCUT2D eigenvalue weighted by atomic mass is 10.1. The van der Waals surface area contributed by atoms with Gasteiger partial charge < -0.3 is 15.2 Å². The first-order valence-corrected chi connectivity index (χ1v) is 6.64. The number of ether oxygens (including phenoxy) is 2. The van der Waals surface area contributed by atoms with Crippen molar-refractivity contribution in [2.24, 2.45) is 0 Å². The van der Waals surface area contributed by atoms with Crippen LogP contribution in [0.15, 0.2) is 11.0 Å². The predicted molar refractivity (Wildman–Crippen MR) is 78.1 cm³/mol. The van der Waals surface area contributed by atoms with Crippen LogP contribution in [0.5, 0.6) is 0 Å². The van der Waals surface area contributed by atoms with E-state index < -0.39 is 29.7 Å². The number of rotatable bonds is 4. The first kappa shape index (κ1) is 16.3. The second kappa shape index (κ2) is 6.38. The van der Waals surface area contributed by atoms with Crippen LogP contribution in [0, 0.1) is 0 Å². The molecule has 0 aliphatic rings. The second-order valence-corrected chi connectivity index (χ2v) is 4.76. The third-order valence-corrected chi connectivity index (χ3v) is 2.82. The molecule has 2 rings (SSSR count). The Hall–Kier alpha value is -3.04. The van der Waals surface area contributed by atoms with Crippen LogP contribution in [0.2, 0.25) is 0 Å². The van der Waals surface area contributed by atoms with Crippen molar-refractivity contribution in [2.75, 3.05) is 5.73 Å². The average Bonchev–Trinajstić information content (AvgIpc) is 2.43. The Bertz CT molecular complexity index is 818. The minimum absolute atomic E-state index is 0.0525. The van der Waals surface area contributed by atoms with Crippen molar-refractivity contribution in [1.82, 2.24) is 19.9 Å². The Balaban J connectivity index is 2.49. The fourth-order valence-electron chi connectivity index (χ4n) is 1.98. The van der Waals surface area contributed by atoms with Crippen LogP contribution in [0.1, 0.15) is 32.6 Å². The summed E-state index contributed by atoms with van der Waals surface area (Å²) >= 11 is 0. The largest absolute Gasteiger partial charge is 0.458 e. The van der Waals surface area contributed by atoms with Gasteiger partial charge in [0.15, 0.2) is 17.3 Å². The number of nitrogens with one attached hydrogen (secondary N) is 1. The van der Waals surface area contributed by atoms with Crippen LogP contribution in [0.3, 0.4) is 0 Å². The van der Waals surface area contributed by atoms with Gasteiger partial charge in [0.1, 0.15) is 11.8 Å². The van der Waals surface area contributed by atoms with Crippen LogP contribution in [0.25, 0.3) is 11.2 Å². The lowest BCUT2D eigenvalue weighted by molar-refractivity contribution is -0.164. The molecule has 0 radical (unpaired) electrons. The Morgan fingerprint density at radius 2 is 1.87 bits per heavy atom. The molecule has 2 aromatic heterocycles. The van der Waals surface area contributed by atoms with Crippen LogP contribution in [0.4, 0.5) is 5.95 Å². The number of nitrogen functional groups attached to an aromatic ring is 1. The molecule has 10 nitrogen and oxygen atoms in total. The van der Waals surface area contributed by atoms with Gasteiger partial charge in [-0.05, 0) is 6.92 Å². The molecule has 2 atom stereocenters. The first-order chi connectivity index (χ1) is 10.8. The number of aromatic nitrogens is 4. The fourth-order valence-corrected chi connectivity index (χ4v) is 1.98. The summed E-state index contributed by atoms with van der Waals surface area (Å²) in [5.74, 6) is -1.23. The van der Waals surface area contributed by atoms with Crippen molar-refractivity contribution in [3.63, 3.8) is 0 Å².